The molecule has 0 amide bonds. The van der Waals surface area contributed by atoms with Crippen LogP contribution in [0.3, 0.4) is 0 Å². The van der Waals surface area contributed by atoms with E-state index < -0.39 is 17.9 Å². The quantitative estimate of drug-likeness (QED) is 0.0678. The van der Waals surface area contributed by atoms with Gasteiger partial charge in [-0.15, -0.1) is 0 Å². The summed E-state index contributed by atoms with van der Waals surface area (Å²) in [5.41, 5.74) is 0.671. The van der Waals surface area contributed by atoms with Crippen molar-refractivity contribution in [1.82, 2.24) is 0 Å². The second-order valence-electron chi connectivity index (χ2n) is 8.90. The number of rotatable bonds is 19. The molecule has 0 bridgehead atoms. The minimum atomic E-state index is -0.656. The van der Waals surface area contributed by atoms with E-state index in [9.17, 15) is 14.4 Å². The van der Waals surface area contributed by atoms with E-state index in [0.717, 1.165) is 69.3 Å². The van der Waals surface area contributed by atoms with Crippen LogP contribution in [0, 0.1) is 11.8 Å². The number of carbonyl (C=O) groups is 3. The van der Waals surface area contributed by atoms with E-state index in [0.29, 0.717) is 43.5 Å². The standard InChI is InChI=1S/C33H38O8/c1-3-31(34)39-25-11-7-5-9-23-37-28-16-13-27(14-17-28)15-22-33(36)41-30-20-18-29(19-21-30)38-24-10-6-8-12-26-40-32(35)4-2/h3-4,13-14,16-21H,1-2,5-12,23-26H2. The predicted molar refractivity (Wildman–Crippen MR) is 156 cm³/mol. The van der Waals surface area contributed by atoms with Crippen molar-refractivity contribution in [3.8, 4) is 29.1 Å². The molecule has 0 radical (unpaired) electrons. The van der Waals surface area contributed by atoms with Gasteiger partial charge in [-0.3, -0.25) is 0 Å². The van der Waals surface area contributed by atoms with Gasteiger partial charge in [0.2, 0.25) is 0 Å². The Balaban J connectivity index is 1.59. The summed E-state index contributed by atoms with van der Waals surface area (Å²) >= 11 is 0. The Morgan fingerprint density at radius 3 is 1.46 bits per heavy atom. The van der Waals surface area contributed by atoms with Gasteiger partial charge in [0, 0.05) is 23.6 Å². The van der Waals surface area contributed by atoms with Crippen molar-refractivity contribution < 1.29 is 38.1 Å². The van der Waals surface area contributed by atoms with Crippen LogP contribution in [0.5, 0.6) is 17.2 Å². The van der Waals surface area contributed by atoms with E-state index in [1.54, 1.807) is 36.4 Å². The van der Waals surface area contributed by atoms with E-state index in [4.69, 9.17) is 23.7 Å². The Kier molecular flexibility index (Phi) is 16.3. The van der Waals surface area contributed by atoms with Crippen LogP contribution in [0.25, 0.3) is 0 Å². The molecule has 0 atom stereocenters. The van der Waals surface area contributed by atoms with Crippen molar-refractivity contribution in [2.24, 2.45) is 0 Å². The van der Waals surface area contributed by atoms with Crippen LogP contribution in [0.2, 0.25) is 0 Å². The fourth-order valence-electron chi connectivity index (χ4n) is 3.45. The Bertz CT molecular complexity index is 1160. The summed E-state index contributed by atoms with van der Waals surface area (Å²) in [5.74, 6) is 5.64. The summed E-state index contributed by atoms with van der Waals surface area (Å²) in [5, 5.41) is 0. The number of esters is 3. The topological polar surface area (TPSA) is 97.4 Å². The van der Waals surface area contributed by atoms with Crippen LogP contribution in [0.1, 0.15) is 56.9 Å². The maximum absolute atomic E-state index is 12.1. The van der Waals surface area contributed by atoms with Crippen LogP contribution in [0.4, 0.5) is 0 Å². The van der Waals surface area contributed by atoms with E-state index in [2.05, 4.69) is 25.0 Å². The molecule has 0 N–H and O–H groups in total. The molecular weight excluding hydrogens is 524 g/mol. The molecular formula is C33H38O8. The van der Waals surface area contributed by atoms with Gasteiger partial charge in [0.25, 0.3) is 0 Å². The first-order valence-electron chi connectivity index (χ1n) is 13.8. The number of hydrogen-bond donors (Lipinski definition) is 0. The average molecular weight is 563 g/mol. The minimum absolute atomic E-state index is 0.382. The molecule has 0 saturated heterocycles. The molecule has 0 heterocycles. The van der Waals surface area contributed by atoms with Gasteiger partial charge in [-0.05, 0) is 99.9 Å². The normalized spacial score (nSPS) is 9.95. The molecule has 0 aliphatic rings. The van der Waals surface area contributed by atoms with Crippen LogP contribution >= 0.6 is 0 Å². The number of ether oxygens (including phenoxy) is 5. The molecule has 2 aromatic rings. The van der Waals surface area contributed by atoms with Gasteiger partial charge < -0.3 is 23.7 Å². The van der Waals surface area contributed by atoms with Gasteiger partial charge >= 0.3 is 17.9 Å². The van der Waals surface area contributed by atoms with Gasteiger partial charge in [-0.2, -0.15) is 0 Å². The van der Waals surface area contributed by atoms with Crippen molar-refractivity contribution in [2.75, 3.05) is 26.4 Å². The molecule has 8 nitrogen and oxygen atoms in total. The zero-order valence-electron chi connectivity index (χ0n) is 23.4. The number of benzene rings is 2. The third kappa shape index (κ3) is 15.6. The molecule has 0 fully saturated rings. The van der Waals surface area contributed by atoms with Gasteiger partial charge in [-0.1, -0.05) is 19.1 Å². The lowest BCUT2D eigenvalue weighted by Gasteiger charge is -2.07. The van der Waals surface area contributed by atoms with Gasteiger partial charge in [0.05, 0.1) is 26.4 Å². The molecule has 0 spiro atoms. The predicted octanol–water partition coefficient (Wildman–Crippen LogP) is 5.98. The average Bonchev–Trinajstić information content (AvgIpc) is 2.99. The maximum Gasteiger partial charge on any atom is 0.390 e. The Morgan fingerprint density at radius 1 is 0.585 bits per heavy atom. The highest BCUT2D eigenvalue weighted by atomic mass is 16.5. The molecule has 0 aliphatic heterocycles. The molecule has 0 aliphatic carbocycles. The lowest BCUT2D eigenvalue weighted by Crippen LogP contribution is -2.04. The SMILES string of the molecule is C=CC(=O)OCCCCCCOc1ccc(C#CC(=O)Oc2ccc(OCCCCCCOC(=O)C=C)cc2)cc1. The Labute approximate surface area is 242 Å². The number of unbranched alkanes of at least 4 members (excludes halogenated alkanes) is 6. The van der Waals surface area contributed by atoms with Gasteiger partial charge in [0.15, 0.2) is 0 Å². The fraction of sp³-hybridized carbons (Fsp3) is 0.364. The first-order chi connectivity index (χ1) is 20.0. The third-order valence-electron chi connectivity index (χ3n) is 5.63. The first kappa shape index (κ1) is 32.7. The lowest BCUT2D eigenvalue weighted by molar-refractivity contribution is -0.138. The van der Waals surface area contributed by atoms with Crippen LogP contribution in [-0.2, 0) is 23.9 Å². The molecule has 2 rings (SSSR count). The fourth-order valence-corrected chi connectivity index (χ4v) is 3.45. The smallest absolute Gasteiger partial charge is 0.390 e. The summed E-state index contributed by atoms with van der Waals surface area (Å²) in [6, 6.07) is 14.0. The van der Waals surface area contributed by atoms with E-state index in [-0.39, 0.29) is 0 Å². The molecule has 41 heavy (non-hydrogen) atoms. The van der Waals surface area contributed by atoms with Crippen LogP contribution in [-0.4, -0.2) is 44.3 Å². The van der Waals surface area contributed by atoms with Crippen molar-refractivity contribution in [1.29, 1.82) is 0 Å². The largest absolute Gasteiger partial charge is 0.494 e. The van der Waals surface area contributed by atoms with E-state index in [1.807, 2.05) is 12.1 Å². The summed E-state index contributed by atoms with van der Waals surface area (Å²) in [7, 11) is 0. The molecule has 218 valence electrons. The summed E-state index contributed by atoms with van der Waals surface area (Å²) in [4.78, 5) is 34.0. The van der Waals surface area contributed by atoms with Crippen molar-refractivity contribution in [2.45, 2.75) is 51.4 Å². The Hall–Kier alpha value is -4.51. The van der Waals surface area contributed by atoms with Gasteiger partial charge in [-0.25, -0.2) is 14.4 Å². The second-order valence-corrected chi connectivity index (χ2v) is 8.90. The number of carbonyl (C=O) groups excluding carboxylic acids is 3. The first-order valence-corrected chi connectivity index (χ1v) is 13.8. The molecule has 8 heteroatoms. The van der Waals surface area contributed by atoms with Crippen molar-refractivity contribution in [3.63, 3.8) is 0 Å². The zero-order valence-corrected chi connectivity index (χ0v) is 23.4. The van der Waals surface area contributed by atoms with Crippen molar-refractivity contribution >= 4 is 17.9 Å². The lowest BCUT2D eigenvalue weighted by atomic mass is 10.2. The monoisotopic (exact) mass is 562 g/mol. The summed E-state index contributed by atoms with van der Waals surface area (Å²) in [6.45, 7) is 8.68. The highest BCUT2D eigenvalue weighted by Gasteiger charge is 2.03. The molecule has 0 saturated carbocycles. The number of hydrogen-bond acceptors (Lipinski definition) is 8. The molecule has 0 unspecified atom stereocenters. The third-order valence-corrected chi connectivity index (χ3v) is 5.63. The molecule has 0 aromatic heterocycles. The maximum atomic E-state index is 12.1. The highest BCUT2D eigenvalue weighted by Crippen LogP contribution is 2.18. The highest BCUT2D eigenvalue weighted by molar-refractivity contribution is 5.90. The van der Waals surface area contributed by atoms with Crippen LogP contribution in [0.15, 0.2) is 73.8 Å². The van der Waals surface area contributed by atoms with Gasteiger partial charge in [0.1, 0.15) is 17.2 Å². The van der Waals surface area contributed by atoms with Crippen LogP contribution < -0.4 is 14.2 Å². The van der Waals surface area contributed by atoms with Crippen molar-refractivity contribution in [3.05, 3.63) is 79.4 Å². The minimum Gasteiger partial charge on any atom is -0.494 e. The summed E-state index contributed by atoms with van der Waals surface area (Å²) < 4.78 is 26.6. The summed E-state index contributed by atoms with van der Waals surface area (Å²) in [6.07, 6.45) is 9.57. The van der Waals surface area contributed by atoms with E-state index >= 15 is 0 Å². The zero-order chi connectivity index (χ0) is 29.5. The van der Waals surface area contributed by atoms with E-state index in [1.165, 1.54) is 0 Å². The Morgan fingerprint density at radius 2 is 1.00 bits per heavy atom. The second kappa shape index (κ2) is 20.4. The molecule has 2 aromatic carbocycles.